The molecule has 0 amide bonds. The lowest BCUT2D eigenvalue weighted by Crippen LogP contribution is -2.35. The van der Waals surface area contributed by atoms with Gasteiger partial charge in [-0.1, -0.05) is 24.4 Å². The largest absolute Gasteiger partial charge is 0.465 e. The van der Waals surface area contributed by atoms with Gasteiger partial charge in [-0.15, -0.1) is 0 Å². The van der Waals surface area contributed by atoms with Gasteiger partial charge in [-0.05, 0) is 25.5 Å². The third-order valence-electron chi connectivity index (χ3n) is 3.01. The predicted molar refractivity (Wildman–Crippen MR) is 87.8 cm³/mol. The van der Waals surface area contributed by atoms with Crippen molar-refractivity contribution in [1.29, 1.82) is 0 Å². The predicted octanol–water partition coefficient (Wildman–Crippen LogP) is 1.65. The number of nitrogens with two attached hydrogens (primary N) is 1. The molecule has 1 aromatic carbocycles. The van der Waals surface area contributed by atoms with Crippen molar-refractivity contribution in [2.24, 2.45) is 5.73 Å². The molecule has 21 heavy (non-hydrogen) atoms. The van der Waals surface area contributed by atoms with Crippen molar-refractivity contribution >= 4 is 28.9 Å². The zero-order valence-electron chi connectivity index (χ0n) is 12.7. The fraction of sp³-hybridized carbons (Fsp3) is 0.467. The Kier molecular flexibility index (Phi) is 7.11. The number of aryl methyl sites for hydroxylation is 1. The summed E-state index contributed by atoms with van der Waals surface area (Å²) in [6.45, 7) is 5.28. The second-order valence-corrected chi connectivity index (χ2v) is 4.99. The molecular formula is C15H22N2O3S. The lowest BCUT2D eigenvalue weighted by molar-refractivity contribution is -0.141. The molecule has 0 aliphatic heterocycles. The van der Waals surface area contributed by atoms with E-state index >= 15 is 0 Å². The number of anilines is 1. The Bertz CT molecular complexity index is 506. The molecule has 2 N–H and O–H groups in total. The molecule has 0 heterocycles. The second-order valence-electron chi connectivity index (χ2n) is 4.55. The van der Waals surface area contributed by atoms with E-state index in [1.165, 1.54) is 0 Å². The van der Waals surface area contributed by atoms with E-state index in [0.717, 1.165) is 16.8 Å². The summed E-state index contributed by atoms with van der Waals surface area (Å²) >= 11 is 5.11. The summed E-state index contributed by atoms with van der Waals surface area (Å²) in [6.07, 6.45) is 0. The highest BCUT2D eigenvalue weighted by Crippen LogP contribution is 2.25. The first kappa shape index (κ1) is 17.4. The molecule has 1 rings (SSSR count). The molecular weight excluding hydrogens is 288 g/mol. The first-order valence-corrected chi connectivity index (χ1v) is 7.21. The molecule has 0 unspecified atom stereocenters. The Morgan fingerprint density at radius 2 is 2.14 bits per heavy atom. The number of carbonyl (C=O) groups is 1. The van der Waals surface area contributed by atoms with Crippen molar-refractivity contribution in [3.05, 3.63) is 29.3 Å². The van der Waals surface area contributed by atoms with Gasteiger partial charge >= 0.3 is 5.97 Å². The molecule has 0 fully saturated rings. The van der Waals surface area contributed by atoms with E-state index < -0.39 is 0 Å². The quantitative estimate of drug-likeness (QED) is 0.582. The van der Waals surface area contributed by atoms with Crippen molar-refractivity contribution in [3.63, 3.8) is 0 Å². The number of ether oxygens (including phenoxy) is 2. The van der Waals surface area contributed by atoms with E-state index in [-0.39, 0.29) is 12.5 Å². The number of thiocarbonyl (C=S) groups is 1. The molecule has 1 aromatic rings. The lowest BCUT2D eigenvalue weighted by Gasteiger charge is -2.27. The maximum absolute atomic E-state index is 11.8. The summed E-state index contributed by atoms with van der Waals surface area (Å²) in [4.78, 5) is 14.0. The van der Waals surface area contributed by atoms with Gasteiger partial charge in [-0.25, -0.2) is 0 Å². The molecule has 0 bridgehead atoms. The fourth-order valence-electron chi connectivity index (χ4n) is 2.11. The average molecular weight is 310 g/mol. The highest BCUT2D eigenvalue weighted by Gasteiger charge is 2.18. The van der Waals surface area contributed by atoms with Gasteiger partial charge in [0.25, 0.3) is 0 Å². The Hall–Kier alpha value is -1.66. The number of carbonyl (C=O) groups excluding carboxylic acids is 1. The number of rotatable bonds is 8. The van der Waals surface area contributed by atoms with Crippen molar-refractivity contribution in [2.75, 3.05) is 38.3 Å². The third-order valence-corrected chi connectivity index (χ3v) is 3.23. The van der Waals surface area contributed by atoms with E-state index in [1.807, 2.05) is 30.0 Å². The highest BCUT2D eigenvalue weighted by molar-refractivity contribution is 7.80. The smallest absolute Gasteiger partial charge is 0.325 e. The molecule has 5 nitrogen and oxygen atoms in total. The van der Waals surface area contributed by atoms with Crippen LogP contribution in [0, 0.1) is 6.92 Å². The summed E-state index contributed by atoms with van der Waals surface area (Å²) < 4.78 is 10.1. The number of para-hydroxylation sites is 1. The van der Waals surface area contributed by atoms with Crippen LogP contribution in [0.25, 0.3) is 0 Å². The summed E-state index contributed by atoms with van der Waals surface area (Å²) in [6, 6.07) is 5.71. The van der Waals surface area contributed by atoms with Crippen LogP contribution in [0.3, 0.4) is 0 Å². The Morgan fingerprint density at radius 1 is 1.43 bits per heavy atom. The monoisotopic (exact) mass is 310 g/mol. The number of methoxy groups -OCH3 is 1. The average Bonchev–Trinajstić information content (AvgIpc) is 2.43. The van der Waals surface area contributed by atoms with Gasteiger partial charge in [-0.2, -0.15) is 0 Å². The second kappa shape index (κ2) is 8.59. The van der Waals surface area contributed by atoms with Crippen LogP contribution in [-0.4, -0.2) is 44.4 Å². The normalized spacial score (nSPS) is 10.2. The van der Waals surface area contributed by atoms with Crippen LogP contribution in [0.1, 0.15) is 18.1 Å². The maximum Gasteiger partial charge on any atom is 0.325 e. The minimum Gasteiger partial charge on any atom is -0.465 e. The molecule has 6 heteroatoms. The van der Waals surface area contributed by atoms with Crippen LogP contribution >= 0.6 is 12.2 Å². The van der Waals surface area contributed by atoms with E-state index in [4.69, 9.17) is 27.4 Å². The van der Waals surface area contributed by atoms with Crippen molar-refractivity contribution < 1.29 is 14.3 Å². The van der Waals surface area contributed by atoms with E-state index in [0.29, 0.717) is 24.7 Å². The Morgan fingerprint density at radius 3 is 2.71 bits per heavy atom. The van der Waals surface area contributed by atoms with E-state index in [2.05, 4.69) is 0 Å². The van der Waals surface area contributed by atoms with Crippen LogP contribution in [0.2, 0.25) is 0 Å². The van der Waals surface area contributed by atoms with E-state index in [1.54, 1.807) is 14.0 Å². The van der Waals surface area contributed by atoms with Crippen molar-refractivity contribution in [3.8, 4) is 0 Å². The van der Waals surface area contributed by atoms with Gasteiger partial charge in [0.05, 0.1) is 18.9 Å². The van der Waals surface area contributed by atoms with Crippen LogP contribution in [0.4, 0.5) is 5.69 Å². The van der Waals surface area contributed by atoms with E-state index in [9.17, 15) is 4.79 Å². The summed E-state index contributed by atoms with van der Waals surface area (Å²) in [7, 11) is 1.62. The van der Waals surface area contributed by atoms with Gasteiger partial charge in [-0.3, -0.25) is 4.79 Å². The first-order valence-electron chi connectivity index (χ1n) is 6.80. The summed E-state index contributed by atoms with van der Waals surface area (Å²) in [5, 5.41) is 0. The number of hydrogen-bond donors (Lipinski definition) is 1. The van der Waals surface area contributed by atoms with Crippen molar-refractivity contribution in [2.45, 2.75) is 13.8 Å². The Labute approximate surface area is 131 Å². The van der Waals surface area contributed by atoms with Gasteiger partial charge in [0, 0.05) is 19.2 Å². The molecule has 0 spiro atoms. The third kappa shape index (κ3) is 4.99. The summed E-state index contributed by atoms with van der Waals surface area (Å²) in [5.41, 5.74) is 8.41. The molecule has 0 saturated carbocycles. The zero-order valence-corrected chi connectivity index (χ0v) is 13.5. The standard InChI is InChI=1S/C15H22N2O3S/c1-4-20-13(18)10-17(8-9-19-3)14-11(2)6-5-7-12(14)15(16)21/h5-7H,4,8-10H2,1-3H3,(H2,16,21). The first-order chi connectivity index (χ1) is 10.0. The molecule has 0 radical (unpaired) electrons. The minimum atomic E-state index is -0.286. The van der Waals surface area contributed by atoms with Crippen molar-refractivity contribution in [1.82, 2.24) is 0 Å². The Balaban J connectivity index is 3.12. The van der Waals surface area contributed by atoms with Crippen LogP contribution in [0.15, 0.2) is 18.2 Å². The van der Waals surface area contributed by atoms with Gasteiger partial charge in [0.1, 0.15) is 11.5 Å². The maximum atomic E-state index is 11.8. The lowest BCUT2D eigenvalue weighted by atomic mass is 10.1. The molecule has 0 aliphatic carbocycles. The fourth-order valence-corrected chi connectivity index (χ4v) is 2.28. The molecule has 0 saturated heterocycles. The SMILES string of the molecule is CCOC(=O)CN(CCOC)c1c(C)cccc1C(N)=S. The van der Waals surface area contributed by atoms with Gasteiger partial charge in [0.15, 0.2) is 0 Å². The number of benzene rings is 1. The highest BCUT2D eigenvalue weighted by atomic mass is 32.1. The minimum absolute atomic E-state index is 0.137. The molecule has 0 atom stereocenters. The molecule has 116 valence electrons. The van der Waals surface area contributed by atoms with Crippen LogP contribution < -0.4 is 10.6 Å². The number of hydrogen-bond acceptors (Lipinski definition) is 5. The van der Waals surface area contributed by atoms with Gasteiger partial charge < -0.3 is 20.1 Å². The molecule has 0 aliphatic rings. The van der Waals surface area contributed by atoms with Crippen LogP contribution in [-0.2, 0) is 14.3 Å². The zero-order chi connectivity index (χ0) is 15.8. The number of nitrogens with zero attached hydrogens (tertiary/aromatic N) is 1. The molecule has 0 aromatic heterocycles. The van der Waals surface area contributed by atoms with Crippen LogP contribution in [0.5, 0.6) is 0 Å². The van der Waals surface area contributed by atoms with Gasteiger partial charge in [0.2, 0.25) is 0 Å². The topological polar surface area (TPSA) is 64.8 Å². The number of esters is 1. The summed E-state index contributed by atoms with van der Waals surface area (Å²) in [5.74, 6) is -0.286.